The lowest BCUT2D eigenvalue weighted by Gasteiger charge is -2.05. The monoisotopic (exact) mass is 211 g/mol. The summed E-state index contributed by atoms with van der Waals surface area (Å²) in [4.78, 5) is 0. The van der Waals surface area contributed by atoms with Crippen molar-refractivity contribution in [3.8, 4) is 0 Å². The minimum atomic E-state index is 0.578. The van der Waals surface area contributed by atoms with Gasteiger partial charge in [-0.15, -0.1) is 0 Å². The van der Waals surface area contributed by atoms with Crippen LogP contribution in [-0.4, -0.2) is 13.7 Å². The molecule has 0 amide bonds. The summed E-state index contributed by atoms with van der Waals surface area (Å²) in [5, 5.41) is 3.06. The van der Waals surface area contributed by atoms with Crippen molar-refractivity contribution >= 4 is 0 Å². The van der Waals surface area contributed by atoms with Crippen LogP contribution in [0.25, 0.3) is 0 Å². The van der Waals surface area contributed by atoms with E-state index >= 15 is 0 Å². The predicted molar refractivity (Wildman–Crippen MR) is 60.7 cm³/mol. The van der Waals surface area contributed by atoms with Gasteiger partial charge in [-0.3, -0.25) is 0 Å². The van der Waals surface area contributed by atoms with Crippen molar-refractivity contribution in [2.75, 3.05) is 13.7 Å². The topological polar surface area (TPSA) is 34.4 Å². The first-order chi connectivity index (χ1) is 7.13. The van der Waals surface area contributed by atoms with Crippen molar-refractivity contribution in [2.24, 2.45) is 5.92 Å². The molecule has 1 rings (SSSR count). The highest BCUT2D eigenvalue weighted by molar-refractivity contribution is 5.19. The molecule has 0 radical (unpaired) electrons. The summed E-state index contributed by atoms with van der Waals surface area (Å²) >= 11 is 0. The molecule has 3 heteroatoms. The van der Waals surface area contributed by atoms with Crippen LogP contribution in [0.2, 0.25) is 0 Å². The maximum Gasteiger partial charge on any atom is 0.118 e. The Kier molecular flexibility index (Phi) is 4.85. The van der Waals surface area contributed by atoms with Gasteiger partial charge in [0.15, 0.2) is 0 Å². The molecule has 0 unspecified atom stereocenters. The zero-order valence-corrected chi connectivity index (χ0v) is 10.1. The second-order valence-corrected chi connectivity index (χ2v) is 4.23. The van der Waals surface area contributed by atoms with Gasteiger partial charge in [0.1, 0.15) is 11.5 Å². The molecule has 0 bridgehead atoms. The quantitative estimate of drug-likeness (QED) is 0.785. The summed E-state index contributed by atoms with van der Waals surface area (Å²) in [5.41, 5.74) is 1.15. The van der Waals surface area contributed by atoms with Crippen molar-refractivity contribution in [3.63, 3.8) is 0 Å². The molecule has 0 spiro atoms. The summed E-state index contributed by atoms with van der Waals surface area (Å²) < 4.78 is 11.1. The summed E-state index contributed by atoms with van der Waals surface area (Å²) in [7, 11) is 1.91. The van der Waals surface area contributed by atoms with Crippen molar-refractivity contribution in [3.05, 3.63) is 23.2 Å². The van der Waals surface area contributed by atoms with E-state index in [1.807, 2.05) is 14.0 Å². The fraction of sp³-hybridized carbons (Fsp3) is 0.667. The van der Waals surface area contributed by atoms with Gasteiger partial charge in [-0.05, 0) is 26.0 Å². The predicted octanol–water partition coefficient (Wildman–Crippen LogP) is 2.48. The Morgan fingerprint density at radius 1 is 1.47 bits per heavy atom. The summed E-state index contributed by atoms with van der Waals surface area (Å²) in [6, 6.07) is 2.06. The summed E-state index contributed by atoms with van der Waals surface area (Å²) in [5.74, 6) is 2.51. The Bertz CT molecular complexity index is 292. The first-order valence-electron chi connectivity index (χ1n) is 5.44. The first kappa shape index (κ1) is 12.3. The highest BCUT2D eigenvalue weighted by Crippen LogP contribution is 2.15. The van der Waals surface area contributed by atoms with Gasteiger partial charge in [0.2, 0.25) is 0 Å². The zero-order chi connectivity index (χ0) is 11.3. The molecule has 1 N–H and O–H groups in total. The molecular weight excluding hydrogens is 190 g/mol. The van der Waals surface area contributed by atoms with Gasteiger partial charge in [-0.25, -0.2) is 0 Å². The molecule has 0 atom stereocenters. The maximum absolute atomic E-state index is 5.57. The minimum absolute atomic E-state index is 0.578. The van der Waals surface area contributed by atoms with Crippen LogP contribution in [0.3, 0.4) is 0 Å². The van der Waals surface area contributed by atoms with E-state index in [2.05, 4.69) is 25.2 Å². The normalized spacial score (nSPS) is 11.3. The second kappa shape index (κ2) is 5.93. The third-order valence-corrected chi connectivity index (χ3v) is 2.13. The molecular formula is C12H21NO2. The molecule has 0 fully saturated rings. The fourth-order valence-corrected chi connectivity index (χ4v) is 1.40. The van der Waals surface area contributed by atoms with Crippen LogP contribution in [0.4, 0.5) is 0 Å². The van der Waals surface area contributed by atoms with Crippen LogP contribution in [0.1, 0.15) is 30.9 Å². The number of furan rings is 1. The van der Waals surface area contributed by atoms with E-state index in [-0.39, 0.29) is 0 Å². The lowest BCUT2D eigenvalue weighted by atomic mass is 10.2. The van der Waals surface area contributed by atoms with Crippen molar-refractivity contribution in [1.82, 2.24) is 5.32 Å². The molecule has 0 aliphatic carbocycles. The number of aryl methyl sites for hydroxylation is 1. The number of rotatable bonds is 6. The highest BCUT2D eigenvalue weighted by atomic mass is 16.5. The SMILES string of the molecule is CNCc1cc(COCC(C)C)c(C)o1. The Balaban J connectivity index is 2.46. The summed E-state index contributed by atoms with van der Waals surface area (Å²) in [6.45, 7) is 8.49. The van der Waals surface area contributed by atoms with Gasteiger partial charge in [0.05, 0.1) is 13.2 Å². The van der Waals surface area contributed by atoms with Gasteiger partial charge in [0, 0.05) is 12.2 Å². The van der Waals surface area contributed by atoms with Crippen molar-refractivity contribution in [2.45, 2.75) is 33.9 Å². The van der Waals surface area contributed by atoms with E-state index in [9.17, 15) is 0 Å². The van der Waals surface area contributed by atoms with E-state index in [0.29, 0.717) is 12.5 Å². The summed E-state index contributed by atoms with van der Waals surface area (Å²) in [6.07, 6.45) is 0. The molecule has 0 aliphatic rings. The Hall–Kier alpha value is -0.800. The van der Waals surface area contributed by atoms with Crippen LogP contribution in [0.5, 0.6) is 0 Å². The average Bonchev–Trinajstić information content (AvgIpc) is 2.47. The maximum atomic E-state index is 5.57. The van der Waals surface area contributed by atoms with Crippen molar-refractivity contribution < 1.29 is 9.15 Å². The zero-order valence-electron chi connectivity index (χ0n) is 10.1. The van der Waals surface area contributed by atoms with E-state index < -0.39 is 0 Å². The van der Waals surface area contributed by atoms with E-state index in [1.54, 1.807) is 0 Å². The lowest BCUT2D eigenvalue weighted by Crippen LogP contribution is -2.03. The van der Waals surface area contributed by atoms with Gasteiger partial charge < -0.3 is 14.5 Å². The van der Waals surface area contributed by atoms with E-state index in [1.165, 1.54) is 0 Å². The van der Waals surface area contributed by atoms with Gasteiger partial charge >= 0.3 is 0 Å². The number of hydrogen-bond acceptors (Lipinski definition) is 3. The molecule has 0 aliphatic heterocycles. The van der Waals surface area contributed by atoms with Gasteiger partial charge in [-0.2, -0.15) is 0 Å². The molecule has 0 aromatic carbocycles. The number of hydrogen-bond donors (Lipinski definition) is 1. The molecule has 86 valence electrons. The first-order valence-corrected chi connectivity index (χ1v) is 5.44. The van der Waals surface area contributed by atoms with Crippen LogP contribution in [-0.2, 0) is 17.9 Å². The molecule has 0 saturated carbocycles. The molecule has 1 heterocycles. The number of ether oxygens (including phenoxy) is 1. The van der Waals surface area contributed by atoms with Gasteiger partial charge in [0.25, 0.3) is 0 Å². The van der Waals surface area contributed by atoms with E-state index in [4.69, 9.17) is 9.15 Å². The second-order valence-electron chi connectivity index (χ2n) is 4.23. The van der Waals surface area contributed by atoms with Crippen molar-refractivity contribution in [1.29, 1.82) is 0 Å². The molecule has 15 heavy (non-hydrogen) atoms. The average molecular weight is 211 g/mol. The van der Waals surface area contributed by atoms with Crippen LogP contribution in [0.15, 0.2) is 10.5 Å². The van der Waals surface area contributed by atoms with E-state index in [0.717, 1.165) is 30.2 Å². The standard InChI is InChI=1S/C12H21NO2/c1-9(2)7-14-8-11-5-12(6-13-4)15-10(11)3/h5,9,13H,6-8H2,1-4H3. The lowest BCUT2D eigenvalue weighted by molar-refractivity contribution is 0.0962. The Morgan fingerprint density at radius 2 is 2.20 bits per heavy atom. The Labute approximate surface area is 91.8 Å². The van der Waals surface area contributed by atoms with Crippen LogP contribution in [0, 0.1) is 12.8 Å². The molecule has 1 aromatic heterocycles. The van der Waals surface area contributed by atoms with Crippen LogP contribution >= 0.6 is 0 Å². The fourth-order valence-electron chi connectivity index (χ4n) is 1.40. The highest BCUT2D eigenvalue weighted by Gasteiger charge is 2.07. The largest absolute Gasteiger partial charge is 0.465 e. The minimum Gasteiger partial charge on any atom is -0.465 e. The third-order valence-electron chi connectivity index (χ3n) is 2.13. The number of nitrogens with one attached hydrogen (secondary N) is 1. The molecule has 0 saturated heterocycles. The smallest absolute Gasteiger partial charge is 0.118 e. The van der Waals surface area contributed by atoms with Crippen LogP contribution < -0.4 is 5.32 Å². The third kappa shape index (κ3) is 4.06. The molecule has 3 nitrogen and oxygen atoms in total. The van der Waals surface area contributed by atoms with Gasteiger partial charge in [-0.1, -0.05) is 13.8 Å². The Morgan fingerprint density at radius 3 is 2.80 bits per heavy atom. The molecule has 1 aromatic rings.